The van der Waals surface area contributed by atoms with Crippen LogP contribution in [0.4, 0.5) is 0 Å². The van der Waals surface area contributed by atoms with E-state index in [1.807, 2.05) is 12.2 Å². The molecule has 2 aliphatic rings. The monoisotopic (exact) mass is 289 g/mol. The van der Waals surface area contributed by atoms with Crippen molar-refractivity contribution in [2.24, 2.45) is 0 Å². The zero-order valence-corrected chi connectivity index (χ0v) is 11.8. The number of carbonyl (C=O) groups is 2. The molecule has 0 fully saturated rings. The summed E-state index contributed by atoms with van der Waals surface area (Å²) in [7, 11) is 0. The quantitative estimate of drug-likeness (QED) is 0.762. The summed E-state index contributed by atoms with van der Waals surface area (Å²) in [6, 6.07) is 1.74. The van der Waals surface area contributed by atoms with Gasteiger partial charge in [-0.3, -0.25) is 9.59 Å². The minimum atomic E-state index is -1.52. The molecule has 0 N–H and O–H groups in total. The van der Waals surface area contributed by atoms with Gasteiger partial charge in [-0.15, -0.1) is 0 Å². The number of hydrogen-bond acceptors (Lipinski definition) is 5. The van der Waals surface area contributed by atoms with E-state index < -0.39 is 17.5 Å². The summed E-state index contributed by atoms with van der Waals surface area (Å²) in [5.74, 6) is -1.21. The van der Waals surface area contributed by atoms with Crippen molar-refractivity contribution in [1.29, 1.82) is 0 Å². The molecule has 0 saturated heterocycles. The molecule has 0 radical (unpaired) electrons. The molecule has 0 aromatic carbocycles. The van der Waals surface area contributed by atoms with Crippen LogP contribution in [0.25, 0.3) is 6.08 Å². The molecule has 0 aliphatic carbocycles. The zero-order valence-electron chi connectivity index (χ0n) is 11.8. The molecule has 110 valence electrons. The summed E-state index contributed by atoms with van der Waals surface area (Å²) < 4.78 is 12.0. The zero-order chi connectivity index (χ0) is 15.2. The van der Waals surface area contributed by atoms with E-state index in [9.17, 15) is 14.4 Å². The molecule has 0 saturated carbocycles. The standard InChI is InChI=1S/C15H15NO5/c1-3-15(21-9(2)17)12-7-10-5-4-6-16(10)13(18)11(12)8-20-14(15)19/h4-5,7H,3,6,8H2,1-2H3. The lowest BCUT2D eigenvalue weighted by atomic mass is 9.85. The highest BCUT2D eigenvalue weighted by Gasteiger charge is 2.49. The number of fused-ring (bicyclic) bond motifs is 2. The second-order valence-electron chi connectivity index (χ2n) is 5.13. The van der Waals surface area contributed by atoms with E-state index in [4.69, 9.17) is 9.47 Å². The van der Waals surface area contributed by atoms with Crippen LogP contribution in [0.3, 0.4) is 0 Å². The fourth-order valence-electron chi connectivity index (χ4n) is 2.93. The Labute approximate surface area is 121 Å². The second-order valence-corrected chi connectivity index (χ2v) is 5.13. The Morgan fingerprint density at radius 1 is 1.48 bits per heavy atom. The van der Waals surface area contributed by atoms with Crippen molar-refractivity contribution in [3.05, 3.63) is 39.3 Å². The van der Waals surface area contributed by atoms with Crippen LogP contribution in [-0.4, -0.2) is 16.5 Å². The lowest BCUT2D eigenvalue weighted by molar-refractivity contribution is -0.188. The van der Waals surface area contributed by atoms with Gasteiger partial charge in [-0.1, -0.05) is 13.0 Å². The lowest BCUT2D eigenvalue weighted by Crippen LogP contribution is -2.47. The summed E-state index contributed by atoms with van der Waals surface area (Å²) in [5.41, 5.74) is -0.197. The molecular weight excluding hydrogens is 274 g/mol. The number of carbonyl (C=O) groups excluding carboxylic acids is 2. The number of hydrogen-bond donors (Lipinski definition) is 0. The van der Waals surface area contributed by atoms with Crippen LogP contribution < -0.4 is 5.56 Å². The van der Waals surface area contributed by atoms with Gasteiger partial charge in [-0.05, 0) is 18.6 Å². The summed E-state index contributed by atoms with van der Waals surface area (Å²) >= 11 is 0. The molecule has 1 aromatic rings. The van der Waals surface area contributed by atoms with E-state index in [0.29, 0.717) is 23.4 Å². The summed E-state index contributed by atoms with van der Waals surface area (Å²) in [4.78, 5) is 36.1. The number of esters is 2. The molecule has 1 aromatic heterocycles. The maximum Gasteiger partial charge on any atom is 0.355 e. The van der Waals surface area contributed by atoms with Crippen molar-refractivity contribution in [2.45, 2.75) is 39.0 Å². The molecule has 1 unspecified atom stereocenters. The molecular formula is C15H15NO5. The van der Waals surface area contributed by atoms with E-state index in [0.717, 1.165) is 0 Å². The van der Waals surface area contributed by atoms with Crippen molar-refractivity contribution >= 4 is 18.0 Å². The minimum absolute atomic E-state index is 0.0870. The maximum atomic E-state index is 12.5. The Bertz CT molecular complexity index is 730. The van der Waals surface area contributed by atoms with Gasteiger partial charge in [0, 0.05) is 24.7 Å². The normalized spacial score (nSPS) is 22.5. The fourth-order valence-corrected chi connectivity index (χ4v) is 2.93. The predicted octanol–water partition coefficient (Wildman–Crippen LogP) is 1.10. The van der Waals surface area contributed by atoms with E-state index in [1.54, 1.807) is 17.6 Å². The molecule has 0 spiro atoms. The molecule has 0 amide bonds. The van der Waals surface area contributed by atoms with Crippen molar-refractivity contribution in [2.75, 3.05) is 0 Å². The van der Waals surface area contributed by atoms with Gasteiger partial charge in [-0.2, -0.15) is 0 Å². The second kappa shape index (κ2) is 4.58. The highest BCUT2D eigenvalue weighted by atomic mass is 16.6. The Kier molecular flexibility index (Phi) is 2.97. The van der Waals surface area contributed by atoms with Gasteiger partial charge < -0.3 is 14.0 Å². The van der Waals surface area contributed by atoms with Crippen LogP contribution in [0.15, 0.2) is 16.9 Å². The first-order valence-electron chi connectivity index (χ1n) is 6.80. The molecule has 21 heavy (non-hydrogen) atoms. The maximum absolute atomic E-state index is 12.5. The van der Waals surface area contributed by atoms with Gasteiger partial charge in [0.2, 0.25) is 5.60 Å². The highest BCUT2D eigenvalue weighted by molar-refractivity contribution is 5.86. The fraction of sp³-hybridized carbons (Fsp3) is 0.400. The molecule has 3 rings (SSSR count). The first-order valence-corrected chi connectivity index (χ1v) is 6.80. The Morgan fingerprint density at radius 2 is 2.24 bits per heavy atom. The molecule has 2 aliphatic heterocycles. The van der Waals surface area contributed by atoms with E-state index in [2.05, 4.69) is 0 Å². The van der Waals surface area contributed by atoms with Gasteiger partial charge in [0.15, 0.2) is 0 Å². The third kappa shape index (κ3) is 1.82. The van der Waals surface area contributed by atoms with Crippen LogP contribution in [0.5, 0.6) is 0 Å². The van der Waals surface area contributed by atoms with Gasteiger partial charge in [0.05, 0.1) is 5.56 Å². The highest BCUT2D eigenvalue weighted by Crippen LogP contribution is 2.37. The van der Waals surface area contributed by atoms with Gasteiger partial charge in [0.1, 0.15) is 6.61 Å². The number of ether oxygens (including phenoxy) is 2. The van der Waals surface area contributed by atoms with Gasteiger partial charge >= 0.3 is 11.9 Å². The Hall–Kier alpha value is -2.37. The van der Waals surface area contributed by atoms with Crippen LogP contribution >= 0.6 is 0 Å². The van der Waals surface area contributed by atoms with E-state index >= 15 is 0 Å². The average molecular weight is 289 g/mol. The molecule has 1 atom stereocenters. The smallest absolute Gasteiger partial charge is 0.355 e. The number of aromatic nitrogens is 1. The number of pyridine rings is 1. The Balaban J connectivity index is 2.28. The average Bonchev–Trinajstić information content (AvgIpc) is 2.91. The van der Waals surface area contributed by atoms with Gasteiger partial charge in [0.25, 0.3) is 5.56 Å². The number of cyclic esters (lactones) is 1. The largest absolute Gasteiger partial charge is 0.457 e. The molecule has 0 bridgehead atoms. The summed E-state index contributed by atoms with van der Waals surface area (Å²) in [6.07, 6.45) is 3.89. The van der Waals surface area contributed by atoms with Crippen LogP contribution in [0, 0.1) is 0 Å². The summed E-state index contributed by atoms with van der Waals surface area (Å²) in [6.45, 7) is 3.37. The molecule has 6 heteroatoms. The third-order valence-electron chi connectivity index (χ3n) is 3.94. The molecule has 3 heterocycles. The lowest BCUT2D eigenvalue weighted by Gasteiger charge is -2.35. The van der Waals surface area contributed by atoms with Crippen molar-refractivity contribution < 1.29 is 19.1 Å². The number of rotatable bonds is 2. The van der Waals surface area contributed by atoms with Crippen molar-refractivity contribution in [3.8, 4) is 0 Å². The van der Waals surface area contributed by atoms with E-state index in [-0.39, 0.29) is 18.6 Å². The SMILES string of the molecule is CCC1(OC(C)=O)C(=O)OCc2c1cc1n(c2=O)CC=C1. The summed E-state index contributed by atoms with van der Waals surface area (Å²) in [5, 5.41) is 0. The van der Waals surface area contributed by atoms with E-state index in [1.165, 1.54) is 6.92 Å². The van der Waals surface area contributed by atoms with Gasteiger partial charge in [-0.25, -0.2) is 4.79 Å². The third-order valence-corrected chi connectivity index (χ3v) is 3.94. The predicted molar refractivity (Wildman–Crippen MR) is 73.3 cm³/mol. The molecule has 6 nitrogen and oxygen atoms in total. The first-order chi connectivity index (χ1) is 9.99. The Morgan fingerprint density at radius 3 is 2.90 bits per heavy atom. The minimum Gasteiger partial charge on any atom is -0.457 e. The van der Waals surface area contributed by atoms with Crippen LogP contribution in [0.1, 0.15) is 37.1 Å². The topological polar surface area (TPSA) is 74.6 Å². The van der Waals surface area contributed by atoms with Crippen LogP contribution in [-0.2, 0) is 37.8 Å². The first kappa shape index (κ1) is 13.6. The number of nitrogens with zero attached hydrogens (tertiary/aromatic N) is 1. The number of allylic oxidation sites excluding steroid dienone is 1. The van der Waals surface area contributed by atoms with Crippen molar-refractivity contribution in [3.63, 3.8) is 0 Å². The van der Waals surface area contributed by atoms with Crippen LogP contribution in [0.2, 0.25) is 0 Å². The van der Waals surface area contributed by atoms with Crippen molar-refractivity contribution in [1.82, 2.24) is 4.57 Å².